The van der Waals surface area contributed by atoms with Crippen molar-refractivity contribution in [2.75, 3.05) is 24.6 Å². The van der Waals surface area contributed by atoms with E-state index in [-0.39, 0.29) is 0 Å². The Morgan fingerprint density at radius 3 is 1.89 bits per heavy atom. The molecule has 0 unspecified atom stereocenters. The lowest BCUT2D eigenvalue weighted by Gasteiger charge is -2.22. The zero-order valence-corrected chi connectivity index (χ0v) is 11.9. The maximum absolute atomic E-state index is 9.04. The highest BCUT2D eigenvalue weighted by Gasteiger charge is 2.27. The first-order valence-electron chi connectivity index (χ1n) is 6.14. The van der Waals surface area contributed by atoms with Crippen LogP contribution in [-0.4, -0.2) is 47.7 Å². The zero-order valence-electron chi connectivity index (χ0n) is 10.2. The lowest BCUT2D eigenvalue weighted by molar-refractivity contribution is -0.918. The molecule has 0 aromatic rings. The summed E-state index contributed by atoms with van der Waals surface area (Å²) in [5.41, 5.74) is 0. The molecule has 7 heteroatoms. The second kappa shape index (κ2) is 8.66. The standard InChI is InChI=1S/C9H17NS2.C2H2O4/c1-2-4-6-10(5-3-1)9-7-11-12-8-9;3-1(4)2(5)6/h9H,1-8H2;(H,3,4)(H,5,6). The Bertz CT molecular complexity index is 262. The molecular formula is C11H19NO4S2. The highest BCUT2D eigenvalue weighted by molar-refractivity contribution is 8.77. The van der Waals surface area contributed by atoms with Crippen LogP contribution in [0.3, 0.4) is 0 Å². The van der Waals surface area contributed by atoms with Gasteiger partial charge in [0.25, 0.3) is 0 Å². The normalized spacial score (nSPS) is 21.8. The number of carboxylic acids is 2. The van der Waals surface area contributed by atoms with Gasteiger partial charge in [0, 0.05) is 0 Å². The molecule has 2 N–H and O–H groups in total. The van der Waals surface area contributed by atoms with Crippen LogP contribution in [0.4, 0.5) is 0 Å². The van der Waals surface area contributed by atoms with Gasteiger partial charge in [-0.15, -0.1) is 0 Å². The van der Waals surface area contributed by atoms with Crippen LogP contribution in [0.1, 0.15) is 25.7 Å². The molecule has 0 atom stereocenters. The number of hydrogen-bond acceptors (Lipinski definition) is 5. The molecule has 0 saturated carbocycles. The van der Waals surface area contributed by atoms with Crippen molar-refractivity contribution in [3.63, 3.8) is 0 Å². The summed E-state index contributed by atoms with van der Waals surface area (Å²) in [6.07, 6.45) is 5.91. The minimum atomic E-state index is -2.07. The van der Waals surface area contributed by atoms with Gasteiger partial charge in [-0.25, -0.2) is 4.79 Å². The van der Waals surface area contributed by atoms with Crippen LogP contribution < -0.4 is 10.0 Å². The third-order valence-corrected chi connectivity index (χ3v) is 5.68. The fraction of sp³-hybridized carbons (Fsp3) is 0.818. The van der Waals surface area contributed by atoms with Gasteiger partial charge in [-0.1, -0.05) is 21.6 Å². The van der Waals surface area contributed by atoms with E-state index in [1.54, 1.807) is 0 Å². The molecule has 2 heterocycles. The first-order chi connectivity index (χ1) is 8.61. The quantitative estimate of drug-likeness (QED) is 0.478. The molecule has 0 radical (unpaired) electrons. The third kappa shape index (κ3) is 5.97. The van der Waals surface area contributed by atoms with Crippen molar-refractivity contribution >= 4 is 33.5 Å². The van der Waals surface area contributed by atoms with E-state index in [0.29, 0.717) is 0 Å². The maximum atomic E-state index is 9.04. The summed E-state index contributed by atoms with van der Waals surface area (Å²) in [5, 5.41) is 16.3. The van der Waals surface area contributed by atoms with Gasteiger partial charge in [0.1, 0.15) is 6.04 Å². The minimum absolute atomic E-state index is 0.984. The fourth-order valence-electron chi connectivity index (χ4n) is 2.14. The monoisotopic (exact) mass is 293 g/mol. The summed E-state index contributed by atoms with van der Waals surface area (Å²) in [5.74, 6) is -1.20. The lowest BCUT2D eigenvalue weighted by Crippen LogP contribution is -3.16. The smallest absolute Gasteiger partial charge is 0.351 e. The number of rotatable bonds is 1. The first kappa shape index (κ1) is 15.7. The SMILES string of the molecule is C1CCC[NH+](C2CSSC2)CC1.O=C([O-])C(=O)O. The highest BCUT2D eigenvalue weighted by atomic mass is 33.1. The molecule has 5 nitrogen and oxygen atoms in total. The van der Waals surface area contributed by atoms with Gasteiger partial charge < -0.3 is 19.9 Å². The van der Waals surface area contributed by atoms with Crippen molar-refractivity contribution < 1.29 is 24.7 Å². The Balaban J connectivity index is 0.000000232. The molecule has 0 spiro atoms. The predicted octanol–water partition coefficient (Wildman–Crippen LogP) is -0.970. The Morgan fingerprint density at radius 2 is 1.50 bits per heavy atom. The van der Waals surface area contributed by atoms with E-state index in [0.717, 1.165) is 6.04 Å². The van der Waals surface area contributed by atoms with E-state index in [4.69, 9.17) is 19.8 Å². The molecule has 0 aromatic heterocycles. The van der Waals surface area contributed by atoms with Crippen LogP contribution in [0.2, 0.25) is 0 Å². The van der Waals surface area contributed by atoms with E-state index in [1.165, 1.54) is 50.3 Å². The summed E-state index contributed by atoms with van der Waals surface area (Å²) in [4.78, 5) is 19.9. The molecule has 0 bridgehead atoms. The second-order valence-corrected chi connectivity index (χ2v) is 6.98. The number of carboxylic acid groups (broad SMARTS) is 2. The summed E-state index contributed by atoms with van der Waals surface area (Å²) in [7, 11) is 4.16. The van der Waals surface area contributed by atoms with Gasteiger partial charge >= 0.3 is 5.97 Å². The molecule has 0 amide bonds. The van der Waals surface area contributed by atoms with Crippen molar-refractivity contribution in [2.24, 2.45) is 0 Å². The summed E-state index contributed by atoms with van der Waals surface area (Å²) < 4.78 is 0. The number of carbonyl (C=O) groups is 2. The van der Waals surface area contributed by atoms with E-state index >= 15 is 0 Å². The average molecular weight is 293 g/mol. The number of quaternary nitrogens is 1. The summed E-state index contributed by atoms with van der Waals surface area (Å²) >= 11 is 0. The first-order valence-corrected chi connectivity index (χ1v) is 8.63. The van der Waals surface area contributed by atoms with Crippen molar-refractivity contribution in [2.45, 2.75) is 31.7 Å². The molecule has 0 aliphatic carbocycles. The summed E-state index contributed by atoms with van der Waals surface area (Å²) in [6.45, 7) is 2.90. The molecule has 2 aliphatic heterocycles. The maximum Gasteiger partial charge on any atom is 0.351 e. The van der Waals surface area contributed by atoms with Crippen LogP contribution in [0, 0.1) is 0 Å². The average Bonchev–Trinajstić information content (AvgIpc) is 2.73. The largest absolute Gasteiger partial charge is 0.539 e. The minimum Gasteiger partial charge on any atom is -0.539 e. The Hall–Kier alpha value is -0.400. The van der Waals surface area contributed by atoms with Crippen molar-refractivity contribution in [3.8, 4) is 0 Å². The molecule has 104 valence electrons. The Kier molecular flexibility index (Phi) is 7.53. The van der Waals surface area contributed by atoms with Gasteiger partial charge in [-0.05, 0) is 25.7 Å². The van der Waals surface area contributed by atoms with Crippen LogP contribution in [0.5, 0.6) is 0 Å². The molecule has 2 aliphatic rings. The van der Waals surface area contributed by atoms with Crippen LogP contribution in [-0.2, 0) is 9.59 Å². The molecule has 2 rings (SSSR count). The van der Waals surface area contributed by atoms with E-state index < -0.39 is 11.9 Å². The van der Waals surface area contributed by atoms with Gasteiger partial charge in [0.2, 0.25) is 0 Å². The predicted molar refractivity (Wildman–Crippen MR) is 70.5 cm³/mol. The van der Waals surface area contributed by atoms with Gasteiger partial charge in [-0.2, -0.15) is 0 Å². The topological polar surface area (TPSA) is 81.9 Å². The molecule has 0 aromatic carbocycles. The molecule has 2 fully saturated rings. The van der Waals surface area contributed by atoms with Crippen LogP contribution >= 0.6 is 21.6 Å². The zero-order chi connectivity index (χ0) is 13.4. The molecule has 18 heavy (non-hydrogen) atoms. The van der Waals surface area contributed by atoms with E-state index in [1.807, 2.05) is 4.90 Å². The number of hydrogen-bond donors (Lipinski definition) is 2. The van der Waals surface area contributed by atoms with Crippen molar-refractivity contribution in [3.05, 3.63) is 0 Å². The summed E-state index contributed by atoms with van der Waals surface area (Å²) in [6, 6.07) is 0.984. The van der Waals surface area contributed by atoms with Crippen LogP contribution in [0.25, 0.3) is 0 Å². The van der Waals surface area contributed by atoms with Gasteiger partial charge in [-0.3, -0.25) is 0 Å². The molecule has 2 saturated heterocycles. The van der Waals surface area contributed by atoms with Gasteiger partial charge in [0.05, 0.1) is 24.6 Å². The number of carbonyl (C=O) groups excluding carboxylic acids is 1. The van der Waals surface area contributed by atoms with E-state index in [2.05, 4.69) is 21.6 Å². The third-order valence-electron chi connectivity index (χ3n) is 3.12. The Morgan fingerprint density at radius 1 is 1.06 bits per heavy atom. The number of likely N-dealkylation sites (tertiary alicyclic amines) is 1. The Labute approximate surface area is 115 Å². The van der Waals surface area contributed by atoms with Gasteiger partial charge in [0.15, 0.2) is 5.97 Å². The fourth-order valence-corrected chi connectivity index (χ4v) is 5.08. The van der Waals surface area contributed by atoms with Crippen LogP contribution in [0.15, 0.2) is 0 Å². The van der Waals surface area contributed by atoms with Crippen molar-refractivity contribution in [1.82, 2.24) is 0 Å². The highest BCUT2D eigenvalue weighted by Crippen LogP contribution is 2.29. The lowest BCUT2D eigenvalue weighted by atomic mass is 10.2. The second-order valence-electron chi connectivity index (χ2n) is 4.43. The number of nitrogens with one attached hydrogen (secondary N) is 1. The molecular weight excluding hydrogens is 274 g/mol. The number of aliphatic carboxylic acids is 2. The van der Waals surface area contributed by atoms with E-state index in [9.17, 15) is 0 Å². The van der Waals surface area contributed by atoms with Crippen molar-refractivity contribution in [1.29, 1.82) is 0 Å².